The number of fused-ring (bicyclic) bond motifs is 9. The van der Waals surface area contributed by atoms with E-state index in [1.807, 2.05) is 78.9 Å². The second-order valence-electron chi connectivity index (χ2n) is 14.7. The van der Waals surface area contributed by atoms with Gasteiger partial charge in [-0.2, -0.15) is 5.26 Å². The van der Waals surface area contributed by atoms with Crippen molar-refractivity contribution in [1.29, 1.82) is 5.26 Å². The molecule has 0 amide bonds. The van der Waals surface area contributed by atoms with Gasteiger partial charge in [-0.3, -0.25) is 0 Å². The zero-order valence-electron chi connectivity index (χ0n) is 31.4. The molecule has 0 radical (unpaired) electrons. The molecule has 0 saturated heterocycles. The average molecular weight is 755 g/mol. The van der Waals surface area contributed by atoms with Crippen molar-refractivity contribution in [3.63, 3.8) is 0 Å². The topological polar surface area (TPSA) is 85.5 Å². The van der Waals surface area contributed by atoms with Gasteiger partial charge in [-0.1, -0.05) is 146 Å². The van der Waals surface area contributed by atoms with E-state index in [1.54, 1.807) is 0 Å². The lowest BCUT2D eigenvalue weighted by Gasteiger charge is -2.18. The van der Waals surface area contributed by atoms with Crippen molar-refractivity contribution in [3.05, 3.63) is 188 Å². The van der Waals surface area contributed by atoms with Crippen LogP contribution in [0.25, 0.3) is 111 Å². The van der Waals surface area contributed by atoms with E-state index in [1.165, 1.54) is 0 Å². The predicted octanol–water partition coefficient (Wildman–Crippen LogP) is 12.8. The van der Waals surface area contributed by atoms with Crippen LogP contribution >= 0.6 is 0 Å². The molecular weight excluding hydrogens is 725 g/mol. The molecule has 0 aliphatic carbocycles. The second kappa shape index (κ2) is 12.8. The van der Waals surface area contributed by atoms with Crippen LogP contribution in [0.15, 0.2) is 186 Å². The number of nitriles is 1. The molecule has 0 aliphatic rings. The smallest absolute Gasteiger partial charge is 0.167 e. The summed E-state index contributed by atoms with van der Waals surface area (Å²) in [6.07, 6.45) is 0. The normalized spacial score (nSPS) is 11.7. The molecule has 0 fully saturated rings. The summed E-state index contributed by atoms with van der Waals surface area (Å²) >= 11 is 0. The minimum Gasteiger partial charge on any atom is -0.453 e. The first-order valence-electron chi connectivity index (χ1n) is 19.5. The van der Waals surface area contributed by atoms with Crippen LogP contribution in [0.4, 0.5) is 0 Å². The SMILES string of the molecule is N#Cc1cc2c(oc3c(-c4nc(-c5ccccc5)nc(-c5ccccc5)n4)cccc32)c(-n2c3ccccc3c3ccccc32)c1-n1c2ccccc2c2ccccc21. The number of aromatic nitrogens is 5. The number of nitrogens with zero attached hydrogens (tertiary/aromatic N) is 6. The molecule has 59 heavy (non-hydrogen) atoms. The summed E-state index contributed by atoms with van der Waals surface area (Å²) in [5, 5.41) is 17.4. The van der Waals surface area contributed by atoms with Gasteiger partial charge in [0, 0.05) is 43.4 Å². The van der Waals surface area contributed by atoms with Gasteiger partial charge >= 0.3 is 0 Å². The Labute approximate surface area is 337 Å². The van der Waals surface area contributed by atoms with Gasteiger partial charge in [0.15, 0.2) is 23.1 Å². The highest BCUT2D eigenvalue weighted by Gasteiger charge is 2.28. The third-order valence-corrected chi connectivity index (χ3v) is 11.4. The van der Waals surface area contributed by atoms with Crippen molar-refractivity contribution in [3.8, 4) is 51.6 Å². The van der Waals surface area contributed by atoms with Crippen LogP contribution in [-0.4, -0.2) is 24.1 Å². The average Bonchev–Trinajstić information content (AvgIpc) is 3.96. The first-order chi connectivity index (χ1) is 29.2. The summed E-state index contributed by atoms with van der Waals surface area (Å²) in [5.41, 5.74) is 9.79. The molecule has 0 atom stereocenters. The Bertz CT molecular complexity index is 3520. The van der Waals surface area contributed by atoms with Crippen LogP contribution in [0.3, 0.4) is 0 Å². The van der Waals surface area contributed by atoms with Gasteiger partial charge in [0.25, 0.3) is 0 Å². The fourth-order valence-corrected chi connectivity index (χ4v) is 8.86. The molecule has 0 aliphatic heterocycles. The fraction of sp³-hybridized carbons (Fsp3) is 0. The maximum atomic E-state index is 11.3. The molecule has 12 rings (SSSR count). The van der Waals surface area contributed by atoms with E-state index in [0.29, 0.717) is 34.2 Å². The Morgan fingerprint density at radius 2 is 0.814 bits per heavy atom. The van der Waals surface area contributed by atoms with Crippen LogP contribution in [0.5, 0.6) is 0 Å². The number of hydrogen-bond acceptors (Lipinski definition) is 5. The van der Waals surface area contributed by atoms with Gasteiger partial charge in [0.1, 0.15) is 17.3 Å². The third-order valence-electron chi connectivity index (χ3n) is 11.4. The Hall–Kier alpha value is -8.34. The number of hydrogen-bond donors (Lipinski definition) is 0. The molecule has 8 aromatic carbocycles. The van der Waals surface area contributed by atoms with Gasteiger partial charge in [-0.25, -0.2) is 15.0 Å². The van der Waals surface area contributed by atoms with Crippen molar-refractivity contribution >= 4 is 65.6 Å². The van der Waals surface area contributed by atoms with Crippen LogP contribution < -0.4 is 0 Å². The highest BCUT2D eigenvalue weighted by atomic mass is 16.3. The minimum atomic E-state index is 0.490. The number of benzene rings is 8. The molecule has 0 unspecified atom stereocenters. The van der Waals surface area contributed by atoms with E-state index in [2.05, 4.69) is 118 Å². The molecule has 7 nitrogen and oxygen atoms in total. The molecule has 0 saturated carbocycles. The molecule has 12 aromatic rings. The maximum absolute atomic E-state index is 11.3. The Kier molecular flexibility index (Phi) is 7.16. The van der Waals surface area contributed by atoms with Crippen molar-refractivity contribution in [1.82, 2.24) is 24.1 Å². The monoisotopic (exact) mass is 754 g/mol. The van der Waals surface area contributed by atoms with Crippen molar-refractivity contribution in [2.75, 3.05) is 0 Å². The summed E-state index contributed by atoms with van der Waals surface area (Å²) < 4.78 is 11.8. The Morgan fingerprint density at radius 3 is 1.31 bits per heavy atom. The van der Waals surface area contributed by atoms with Crippen LogP contribution in [-0.2, 0) is 0 Å². The molecule has 7 heteroatoms. The fourth-order valence-electron chi connectivity index (χ4n) is 8.86. The molecule has 0 spiro atoms. The summed E-state index contributed by atoms with van der Waals surface area (Å²) in [5.74, 6) is 1.62. The molecule has 4 heterocycles. The van der Waals surface area contributed by atoms with E-state index >= 15 is 0 Å². The van der Waals surface area contributed by atoms with Crippen molar-refractivity contribution in [2.45, 2.75) is 0 Å². The third kappa shape index (κ3) is 4.90. The van der Waals surface area contributed by atoms with Crippen molar-refractivity contribution < 1.29 is 4.42 Å². The van der Waals surface area contributed by atoms with E-state index in [4.69, 9.17) is 19.4 Å². The van der Waals surface area contributed by atoms with Gasteiger partial charge in [-0.15, -0.1) is 0 Å². The van der Waals surface area contributed by atoms with E-state index in [9.17, 15) is 5.26 Å². The lowest BCUT2D eigenvalue weighted by atomic mass is 10.0. The van der Waals surface area contributed by atoms with Crippen molar-refractivity contribution in [2.24, 2.45) is 0 Å². The Balaban J connectivity index is 1.24. The van der Waals surface area contributed by atoms with Gasteiger partial charge in [0.2, 0.25) is 0 Å². The molecule has 0 bridgehead atoms. The lowest BCUT2D eigenvalue weighted by molar-refractivity contribution is 0.666. The summed E-state index contributed by atoms with van der Waals surface area (Å²) in [6, 6.07) is 64.3. The minimum absolute atomic E-state index is 0.490. The number of rotatable bonds is 5. The maximum Gasteiger partial charge on any atom is 0.167 e. The standard InChI is InChI=1S/C52H30N6O/c53-31-34-30-41-39-24-15-25-40(52-55-50(32-16-3-1-4-17-32)54-51(56-52)33-18-5-2-6-19-33)48(39)59-49(41)47(58-44-28-13-9-22-37(44)38-23-10-14-29-45(38)58)46(34)57-42-26-11-7-20-35(42)36-21-8-12-27-43(36)57/h1-30H. The molecule has 0 N–H and O–H groups in total. The first-order valence-corrected chi connectivity index (χ1v) is 19.5. The van der Waals surface area contributed by atoms with Gasteiger partial charge in [0.05, 0.1) is 38.9 Å². The molecule has 274 valence electrons. The lowest BCUT2D eigenvalue weighted by Crippen LogP contribution is -2.06. The summed E-state index contributed by atoms with van der Waals surface area (Å²) in [7, 11) is 0. The largest absolute Gasteiger partial charge is 0.453 e. The summed E-state index contributed by atoms with van der Waals surface area (Å²) in [6.45, 7) is 0. The van der Waals surface area contributed by atoms with Crippen LogP contribution in [0, 0.1) is 11.3 Å². The number of para-hydroxylation sites is 5. The van der Waals surface area contributed by atoms with Gasteiger partial charge in [-0.05, 0) is 36.4 Å². The molecular formula is C52H30N6O. The van der Waals surface area contributed by atoms with E-state index < -0.39 is 0 Å². The van der Waals surface area contributed by atoms with E-state index in [0.717, 1.165) is 82.4 Å². The zero-order chi connectivity index (χ0) is 39.0. The second-order valence-corrected chi connectivity index (χ2v) is 14.7. The van der Waals surface area contributed by atoms with Crippen LogP contribution in [0.1, 0.15) is 5.56 Å². The predicted molar refractivity (Wildman–Crippen MR) is 237 cm³/mol. The highest BCUT2D eigenvalue weighted by Crippen LogP contribution is 2.46. The zero-order valence-corrected chi connectivity index (χ0v) is 31.4. The van der Waals surface area contributed by atoms with E-state index in [-0.39, 0.29) is 0 Å². The first kappa shape index (κ1) is 32.9. The summed E-state index contributed by atoms with van der Waals surface area (Å²) in [4.78, 5) is 15.1. The quantitative estimate of drug-likeness (QED) is 0.175. The molecule has 4 aromatic heterocycles. The van der Waals surface area contributed by atoms with Crippen LogP contribution in [0.2, 0.25) is 0 Å². The van der Waals surface area contributed by atoms with Gasteiger partial charge < -0.3 is 13.6 Å². The number of furan rings is 1. The highest BCUT2D eigenvalue weighted by molar-refractivity contribution is 6.17. The Morgan fingerprint density at radius 1 is 0.390 bits per heavy atom.